The second kappa shape index (κ2) is 9.75. The first kappa shape index (κ1) is 20.4. The lowest BCUT2D eigenvalue weighted by molar-refractivity contribution is -0.113. The average Bonchev–Trinajstić information content (AvgIpc) is 3.09. The molecular weight excluding hydrogens is 440 g/mol. The van der Waals surface area contributed by atoms with Crippen LogP contribution in [0.1, 0.15) is 18.3 Å². The molecule has 146 valence electrons. The summed E-state index contributed by atoms with van der Waals surface area (Å²) in [7, 11) is 0. The highest BCUT2D eigenvalue weighted by atomic mass is 79.9. The molecule has 1 heterocycles. The number of nitrogens with zero attached hydrogens (tertiary/aromatic N) is 3. The van der Waals surface area contributed by atoms with Crippen molar-refractivity contribution >= 4 is 39.3 Å². The summed E-state index contributed by atoms with van der Waals surface area (Å²) < 4.78 is 8.74. The van der Waals surface area contributed by atoms with E-state index in [2.05, 4.69) is 31.4 Å². The van der Waals surface area contributed by atoms with Gasteiger partial charge in [0.15, 0.2) is 11.0 Å². The SMILES string of the molecule is CCn1c(COc2ccc(Br)cc2)nnc1SCC(=O)Nc1ccc(C)cc1. The minimum atomic E-state index is -0.0767. The molecule has 3 aromatic rings. The molecule has 0 spiro atoms. The summed E-state index contributed by atoms with van der Waals surface area (Å²) in [5.41, 5.74) is 1.94. The number of benzene rings is 2. The van der Waals surface area contributed by atoms with E-state index in [1.807, 2.05) is 66.9 Å². The topological polar surface area (TPSA) is 69.0 Å². The van der Waals surface area contributed by atoms with Crippen molar-refractivity contribution in [3.8, 4) is 5.75 Å². The van der Waals surface area contributed by atoms with E-state index in [0.29, 0.717) is 18.3 Å². The van der Waals surface area contributed by atoms with E-state index in [1.54, 1.807) is 0 Å². The Morgan fingerprint density at radius 1 is 1.14 bits per heavy atom. The number of anilines is 1. The van der Waals surface area contributed by atoms with Crippen LogP contribution in [-0.4, -0.2) is 26.4 Å². The lowest BCUT2D eigenvalue weighted by Gasteiger charge is -2.09. The van der Waals surface area contributed by atoms with Gasteiger partial charge in [-0.3, -0.25) is 4.79 Å². The number of aromatic nitrogens is 3. The highest BCUT2D eigenvalue weighted by molar-refractivity contribution is 9.10. The molecule has 6 nitrogen and oxygen atoms in total. The van der Waals surface area contributed by atoms with Gasteiger partial charge < -0.3 is 14.6 Å². The number of aryl methyl sites for hydroxylation is 1. The van der Waals surface area contributed by atoms with Crippen molar-refractivity contribution < 1.29 is 9.53 Å². The standard InChI is InChI=1S/C20H21BrN4O2S/c1-3-25-18(12-27-17-10-6-15(21)7-11-17)23-24-20(25)28-13-19(26)22-16-8-4-14(2)5-9-16/h4-11H,3,12-13H2,1-2H3,(H,22,26). The van der Waals surface area contributed by atoms with E-state index in [1.165, 1.54) is 11.8 Å². The first-order chi connectivity index (χ1) is 13.5. The Kier molecular flexibility index (Phi) is 7.11. The quantitative estimate of drug-likeness (QED) is 0.494. The Balaban J connectivity index is 1.56. The molecule has 0 atom stereocenters. The van der Waals surface area contributed by atoms with Gasteiger partial charge in [-0.05, 0) is 50.2 Å². The maximum absolute atomic E-state index is 12.2. The molecule has 0 radical (unpaired) electrons. The molecule has 2 aromatic carbocycles. The third-order valence-corrected chi connectivity index (χ3v) is 5.45. The third kappa shape index (κ3) is 5.59. The minimum Gasteiger partial charge on any atom is -0.486 e. The van der Waals surface area contributed by atoms with Crippen LogP contribution >= 0.6 is 27.7 Å². The Morgan fingerprint density at radius 3 is 2.54 bits per heavy atom. The van der Waals surface area contributed by atoms with Gasteiger partial charge in [0.05, 0.1) is 5.75 Å². The highest BCUT2D eigenvalue weighted by Crippen LogP contribution is 2.20. The number of nitrogens with one attached hydrogen (secondary N) is 1. The van der Waals surface area contributed by atoms with Crippen LogP contribution in [-0.2, 0) is 17.9 Å². The number of hydrogen-bond acceptors (Lipinski definition) is 5. The summed E-state index contributed by atoms with van der Waals surface area (Å²) in [6, 6.07) is 15.3. The number of thioether (sulfide) groups is 1. The van der Waals surface area contributed by atoms with Crippen molar-refractivity contribution in [2.24, 2.45) is 0 Å². The number of amides is 1. The summed E-state index contributed by atoms with van der Waals surface area (Å²) >= 11 is 4.77. The fraction of sp³-hybridized carbons (Fsp3) is 0.250. The monoisotopic (exact) mass is 460 g/mol. The molecule has 0 fully saturated rings. The molecule has 0 saturated carbocycles. The predicted octanol–water partition coefficient (Wildman–Crippen LogP) is 4.68. The number of carbonyl (C=O) groups excluding carboxylic acids is 1. The number of carbonyl (C=O) groups is 1. The number of rotatable bonds is 8. The van der Waals surface area contributed by atoms with Crippen LogP contribution in [0.3, 0.4) is 0 Å². The van der Waals surface area contributed by atoms with Gasteiger partial charge >= 0.3 is 0 Å². The molecule has 28 heavy (non-hydrogen) atoms. The van der Waals surface area contributed by atoms with E-state index in [9.17, 15) is 4.79 Å². The normalized spacial score (nSPS) is 10.7. The molecule has 0 saturated heterocycles. The van der Waals surface area contributed by atoms with Crippen LogP contribution in [0.5, 0.6) is 5.75 Å². The zero-order valence-corrected chi connectivity index (χ0v) is 18.1. The van der Waals surface area contributed by atoms with Gasteiger partial charge in [0.2, 0.25) is 5.91 Å². The Morgan fingerprint density at radius 2 is 1.86 bits per heavy atom. The zero-order chi connectivity index (χ0) is 19.9. The maximum atomic E-state index is 12.2. The van der Waals surface area contributed by atoms with E-state index in [4.69, 9.17) is 4.74 Å². The summed E-state index contributed by atoms with van der Waals surface area (Å²) in [5, 5.41) is 12.0. The van der Waals surface area contributed by atoms with Gasteiger partial charge in [0.1, 0.15) is 12.4 Å². The van der Waals surface area contributed by atoms with E-state index in [-0.39, 0.29) is 11.7 Å². The summed E-state index contributed by atoms with van der Waals surface area (Å²) in [5.74, 6) is 1.68. The van der Waals surface area contributed by atoms with Crippen molar-refractivity contribution in [2.75, 3.05) is 11.1 Å². The Bertz CT molecular complexity index is 926. The molecule has 0 unspecified atom stereocenters. The summed E-state index contributed by atoms with van der Waals surface area (Å²) in [6.07, 6.45) is 0. The molecule has 0 aliphatic carbocycles. The number of hydrogen-bond donors (Lipinski definition) is 1. The van der Waals surface area contributed by atoms with Crippen LogP contribution in [0, 0.1) is 6.92 Å². The smallest absolute Gasteiger partial charge is 0.234 e. The lowest BCUT2D eigenvalue weighted by atomic mass is 10.2. The molecule has 0 aliphatic heterocycles. The second-order valence-electron chi connectivity index (χ2n) is 6.09. The van der Waals surface area contributed by atoms with Crippen LogP contribution in [0.4, 0.5) is 5.69 Å². The van der Waals surface area contributed by atoms with Gasteiger partial charge in [-0.1, -0.05) is 45.4 Å². The van der Waals surface area contributed by atoms with Crippen molar-refractivity contribution in [3.05, 3.63) is 64.4 Å². The fourth-order valence-corrected chi connectivity index (χ4v) is 3.58. The molecule has 1 amide bonds. The first-order valence-corrected chi connectivity index (χ1v) is 10.6. The molecular formula is C20H21BrN4O2S. The predicted molar refractivity (Wildman–Crippen MR) is 115 cm³/mol. The minimum absolute atomic E-state index is 0.0767. The highest BCUT2D eigenvalue weighted by Gasteiger charge is 2.14. The van der Waals surface area contributed by atoms with E-state index >= 15 is 0 Å². The largest absolute Gasteiger partial charge is 0.486 e. The molecule has 0 aliphatic rings. The number of ether oxygens (including phenoxy) is 1. The van der Waals surface area contributed by atoms with Crippen LogP contribution in [0.2, 0.25) is 0 Å². The zero-order valence-electron chi connectivity index (χ0n) is 15.7. The molecule has 8 heteroatoms. The first-order valence-electron chi connectivity index (χ1n) is 8.85. The van der Waals surface area contributed by atoms with Crippen molar-refractivity contribution in [3.63, 3.8) is 0 Å². The van der Waals surface area contributed by atoms with Crippen molar-refractivity contribution in [1.29, 1.82) is 0 Å². The van der Waals surface area contributed by atoms with E-state index < -0.39 is 0 Å². The number of halogens is 1. The summed E-state index contributed by atoms with van der Waals surface area (Å²) in [6.45, 7) is 5.05. The fourth-order valence-electron chi connectivity index (χ4n) is 2.49. The van der Waals surface area contributed by atoms with Crippen LogP contribution in [0.15, 0.2) is 58.2 Å². The van der Waals surface area contributed by atoms with Gasteiger partial charge in [-0.2, -0.15) is 0 Å². The maximum Gasteiger partial charge on any atom is 0.234 e. The summed E-state index contributed by atoms with van der Waals surface area (Å²) in [4.78, 5) is 12.2. The Hall–Kier alpha value is -2.32. The molecule has 3 rings (SSSR count). The van der Waals surface area contributed by atoms with Crippen LogP contribution < -0.4 is 10.1 Å². The average molecular weight is 461 g/mol. The van der Waals surface area contributed by atoms with Gasteiger partial charge in [-0.25, -0.2) is 0 Å². The van der Waals surface area contributed by atoms with Crippen LogP contribution in [0.25, 0.3) is 0 Å². The van der Waals surface area contributed by atoms with E-state index in [0.717, 1.165) is 27.3 Å². The Labute approximate surface area is 176 Å². The molecule has 1 N–H and O–H groups in total. The van der Waals surface area contributed by atoms with Gasteiger partial charge in [-0.15, -0.1) is 10.2 Å². The van der Waals surface area contributed by atoms with Gasteiger partial charge in [0.25, 0.3) is 0 Å². The third-order valence-electron chi connectivity index (χ3n) is 3.96. The van der Waals surface area contributed by atoms with Crippen molar-refractivity contribution in [1.82, 2.24) is 14.8 Å². The molecule has 1 aromatic heterocycles. The second-order valence-corrected chi connectivity index (χ2v) is 7.95. The van der Waals surface area contributed by atoms with Gasteiger partial charge in [0, 0.05) is 16.7 Å². The molecule has 0 bridgehead atoms. The van der Waals surface area contributed by atoms with Crippen molar-refractivity contribution in [2.45, 2.75) is 32.2 Å². The lowest BCUT2D eigenvalue weighted by Crippen LogP contribution is -2.15.